The van der Waals surface area contributed by atoms with Crippen LogP contribution in [0, 0.1) is 5.92 Å². The first kappa shape index (κ1) is 14.6. The number of piperidine rings is 1. The number of benzene rings is 1. The van der Waals surface area contributed by atoms with Crippen molar-refractivity contribution >= 4 is 39.1 Å². The minimum Gasteiger partial charge on any atom is -0.351 e. The molecule has 1 atom stereocenters. The van der Waals surface area contributed by atoms with Crippen molar-refractivity contribution in [2.45, 2.75) is 12.8 Å². The van der Waals surface area contributed by atoms with Gasteiger partial charge in [0, 0.05) is 13.6 Å². The SMILES string of the molecule is CN(CC1CCCNC1)c1nc2ccccc2s1.Cl. The van der Waals surface area contributed by atoms with Gasteiger partial charge in [0.2, 0.25) is 0 Å². The van der Waals surface area contributed by atoms with Gasteiger partial charge in [-0.2, -0.15) is 0 Å². The predicted octanol–water partition coefficient (Wildman–Crippen LogP) is 3.15. The molecule has 3 rings (SSSR count). The van der Waals surface area contributed by atoms with E-state index in [2.05, 4.69) is 41.5 Å². The summed E-state index contributed by atoms with van der Waals surface area (Å²) in [6.07, 6.45) is 2.64. The van der Waals surface area contributed by atoms with Crippen LogP contribution in [0.25, 0.3) is 10.2 Å². The molecule has 1 aromatic heterocycles. The molecule has 104 valence electrons. The number of aromatic nitrogens is 1. The molecule has 2 aromatic rings. The van der Waals surface area contributed by atoms with Gasteiger partial charge in [0.1, 0.15) is 0 Å². The zero-order valence-corrected chi connectivity index (χ0v) is 12.8. The number of hydrogen-bond acceptors (Lipinski definition) is 4. The van der Waals surface area contributed by atoms with Crippen LogP contribution >= 0.6 is 23.7 Å². The number of hydrogen-bond donors (Lipinski definition) is 1. The van der Waals surface area contributed by atoms with Crippen LogP contribution in [0.5, 0.6) is 0 Å². The summed E-state index contributed by atoms with van der Waals surface area (Å²) < 4.78 is 1.28. The number of anilines is 1. The van der Waals surface area contributed by atoms with Crippen molar-refractivity contribution in [3.8, 4) is 0 Å². The normalized spacial score (nSPS) is 19.1. The van der Waals surface area contributed by atoms with E-state index >= 15 is 0 Å². The van der Waals surface area contributed by atoms with Gasteiger partial charge in [0.05, 0.1) is 10.2 Å². The van der Waals surface area contributed by atoms with Crippen LogP contribution in [0.1, 0.15) is 12.8 Å². The monoisotopic (exact) mass is 297 g/mol. The van der Waals surface area contributed by atoms with Gasteiger partial charge in [0.25, 0.3) is 0 Å². The van der Waals surface area contributed by atoms with Crippen molar-refractivity contribution in [1.82, 2.24) is 10.3 Å². The fraction of sp³-hybridized carbons (Fsp3) is 0.500. The highest BCUT2D eigenvalue weighted by Crippen LogP contribution is 2.28. The second-order valence-corrected chi connectivity index (χ2v) is 6.07. The third kappa shape index (κ3) is 3.38. The number of halogens is 1. The molecule has 3 nitrogen and oxygen atoms in total. The number of fused-ring (bicyclic) bond motifs is 1. The number of para-hydroxylation sites is 1. The van der Waals surface area contributed by atoms with Gasteiger partial charge in [0.15, 0.2) is 5.13 Å². The van der Waals surface area contributed by atoms with Gasteiger partial charge in [-0.3, -0.25) is 0 Å². The Morgan fingerprint density at radius 1 is 1.42 bits per heavy atom. The van der Waals surface area contributed by atoms with Gasteiger partial charge >= 0.3 is 0 Å². The maximum atomic E-state index is 4.70. The maximum Gasteiger partial charge on any atom is 0.186 e. The molecule has 0 saturated carbocycles. The number of thiazole rings is 1. The van der Waals surface area contributed by atoms with E-state index in [0.717, 1.165) is 29.7 Å². The Morgan fingerprint density at radius 2 is 2.26 bits per heavy atom. The van der Waals surface area contributed by atoms with Crippen LogP contribution in [-0.4, -0.2) is 31.7 Å². The van der Waals surface area contributed by atoms with E-state index in [1.54, 1.807) is 11.3 Å². The second kappa shape index (κ2) is 6.55. The van der Waals surface area contributed by atoms with Crippen LogP contribution in [-0.2, 0) is 0 Å². The highest BCUT2D eigenvalue weighted by molar-refractivity contribution is 7.22. The van der Waals surface area contributed by atoms with Crippen LogP contribution in [0.4, 0.5) is 5.13 Å². The Balaban J connectivity index is 0.00000133. The third-order valence-electron chi connectivity index (χ3n) is 3.54. The molecule has 5 heteroatoms. The fourth-order valence-corrected chi connectivity index (χ4v) is 3.50. The molecule has 0 bridgehead atoms. The molecule has 0 spiro atoms. The van der Waals surface area contributed by atoms with Crippen LogP contribution in [0.3, 0.4) is 0 Å². The van der Waals surface area contributed by atoms with Crippen LogP contribution < -0.4 is 10.2 Å². The molecule has 1 aromatic carbocycles. The molecular formula is C14H20ClN3S. The highest BCUT2D eigenvalue weighted by Gasteiger charge is 2.16. The summed E-state index contributed by atoms with van der Waals surface area (Å²) in [5.74, 6) is 0.760. The smallest absolute Gasteiger partial charge is 0.186 e. The molecule has 19 heavy (non-hydrogen) atoms. The van der Waals surface area contributed by atoms with Crippen molar-refractivity contribution in [3.05, 3.63) is 24.3 Å². The van der Waals surface area contributed by atoms with Crippen molar-refractivity contribution in [1.29, 1.82) is 0 Å². The molecular weight excluding hydrogens is 278 g/mol. The lowest BCUT2D eigenvalue weighted by Gasteiger charge is -2.27. The van der Waals surface area contributed by atoms with Crippen LogP contribution in [0.2, 0.25) is 0 Å². The summed E-state index contributed by atoms with van der Waals surface area (Å²) in [5.41, 5.74) is 1.12. The molecule has 0 amide bonds. The Morgan fingerprint density at radius 3 is 3.00 bits per heavy atom. The van der Waals surface area contributed by atoms with Gasteiger partial charge in [-0.15, -0.1) is 12.4 Å². The number of rotatable bonds is 3. The molecule has 1 fully saturated rings. The quantitative estimate of drug-likeness (QED) is 0.943. The van der Waals surface area contributed by atoms with E-state index in [1.165, 1.54) is 24.1 Å². The largest absolute Gasteiger partial charge is 0.351 e. The van der Waals surface area contributed by atoms with E-state index in [1.807, 2.05) is 0 Å². The summed E-state index contributed by atoms with van der Waals surface area (Å²) in [6.45, 7) is 3.43. The summed E-state index contributed by atoms with van der Waals surface area (Å²) in [6, 6.07) is 8.37. The highest BCUT2D eigenvalue weighted by atomic mass is 35.5. The minimum absolute atomic E-state index is 0. The molecule has 1 aliphatic rings. The minimum atomic E-state index is 0. The topological polar surface area (TPSA) is 28.2 Å². The number of nitrogens with zero attached hydrogens (tertiary/aromatic N) is 2. The van der Waals surface area contributed by atoms with Crippen LogP contribution in [0.15, 0.2) is 24.3 Å². The molecule has 1 unspecified atom stereocenters. The average Bonchev–Trinajstić information content (AvgIpc) is 2.84. The Labute approximate surface area is 124 Å². The van der Waals surface area contributed by atoms with Crippen molar-refractivity contribution < 1.29 is 0 Å². The van der Waals surface area contributed by atoms with Crippen molar-refractivity contribution in [3.63, 3.8) is 0 Å². The lowest BCUT2D eigenvalue weighted by atomic mass is 9.99. The molecule has 1 aliphatic heterocycles. The summed E-state index contributed by atoms with van der Waals surface area (Å²) in [5, 5.41) is 4.62. The molecule has 0 aliphatic carbocycles. The van der Waals surface area contributed by atoms with Gasteiger partial charge in [-0.1, -0.05) is 23.5 Å². The Hall–Kier alpha value is -0.840. The molecule has 2 heterocycles. The van der Waals surface area contributed by atoms with Crippen molar-refractivity contribution in [2.75, 3.05) is 31.6 Å². The van der Waals surface area contributed by atoms with Gasteiger partial charge in [-0.25, -0.2) is 4.98 Å². The lowest BCUT2D eigenvalue weighted by molar-refractivity contribution is 0.381. The Bertz CT molecular complexity index is 489. The summed E-state index contributed by atoms with van der Waals surface area (Å²) >= 11 is 1.79. The van der Waals surface area contributed by atoms with E-state index in [-0.39, 0.29) is 12.4 Å². The van der Waals surface area contributed by atoms with Crippen molar-refractivity contribution in [2.24, 2.45) is 5.92 Å². The number of nitrogens with one attached hydrogen (secondary N) is 1. The second-order valence-electron chi connectivity index (χ2n) is 5.06. The molecule has 1 N–H and O–H groups in total. The fourth-order valence-electron chi connectivity index (χ4n) is 2.57. The summed E-state index contributed by atoms with van der Waals surface area (Å²) in [4.78, 5) is 7.01. The molecule has 0 radical (unpaired) electrons. The zero-order valence-electron chi connectivity index (χ0n) is 11.1. The first-order valence-corrected chi connectivity index (χ1v) is 7.42. The van der Waals surface area contributed by atoms with E-state index < -0.39 is 0 Å². The lowest BCUT2D eigenvalue weighted by Crippen LogP contribution is -2.36. The van der Waals surface area contributed by atoms with E-state index in [0.29, 0.717) is 0 Å². The average molecular weight is 298 g/mol. The maximum absolute atomic E-state index is 4.70. The Kier molecular flexibility index (Phi) is 5.02. The summed E-state index contributed by atoms with van der Waals surface area (Å²) in [7, 11) is 2.16. The predicted molar refractivity (Wildman–Crippen MR) is 85.7 cm³/mol. The van der Waals surface area contributed by atoms with Gasteiger partial charge in [-0.05, 0) is 44.0 Å². The van der Waals surface area contributed by atoms with E-state index in [9.17, 15) is 0 Å². The standard InChI is InChI=1S/C14H19N3S.ClH/c1-17(10-11-5-4-8-15-9-11)14-16-12-6-2-3-7-13(12)18-14;/h2-3,6-7,11,15H,4-5,8-10H2,1H3;1H. The zero-order chi connectivity index (χ0) is 12.4. The first-order chi connectivity index (χ1) is 8.83. The van der Waals surface area contributed by atoms with E-state index in [4.69, 9.17) is 4.98 Å². The third-order valence-corrected chi connectivity index (χ3v) is 4.69. The first-order valence-electron chi connectivity index (χ1n) is 6.60. The van der Waals surface area contributed by atoms with Gasteiger partial charge < -0.3 is 10.2 Å². The molecule has 1 saturated heterocycles.